The number of hydrogen-bond donors (Lipinski definition) is 1. The maximum absolute atomic E-state index is 13.6. The van der Waals surface area contributed by atoms with Crippen molar-refractivity contribution in [1.82, 2.24) is 14.1 Å². The molecule has 0 radical (unpaired) electrons. The van der Waals surface area contributed by atoms with Crippen molar-refractivity contribution >= 4 is 16.0 Å². The summed E-state index contributed by atoms with van der Waals surface area (Å²) in [6.07, 6.45) is 4.82. The Hall–Kier alpha value is -3.75. The summed E-state index contributed by atoms with van der Waals surface area (Å²) in [5, 5.41) is 13.1. The lowest BCUT2D eigenvalue weighted by atomic mass is 10.1. The average molecular weight is 490 g/mol. The van der Waals surface area contributed by atoms with Crippen LogP contribution in [-0.2, 0) is 34.3 Å². The van der Waals surface area contributed by atoms with E-state index in [1.807, 2.05) is 60.8 Å². The normalized spacial score (nSPS) is 11.6. The minimum absolute atomic E-state index is 0.104. The quantitative estimate of drug-likeness (QED) is 0.331. The molecule has 8 heteroatoms. The van der Waals surface area contributed by atoms with E-state index in [0.29, 0.717) is 12.8 Å². The van der Waals surface area contributed by atoms with Gasteiger partial charge in [-0.05, 0) is 59.9 Å². The summed E-state index contributed by atoms with van der Waals surface area (Å²) in [5.41, 5.74) is 3.60. The molecule has 1 aromatic heterocycles. The molecule has 1 N–H and O–H groups in total. The Morgan fingerprint density at radius 1 is 0.857 bits per heavy atom. The van der Waals surface area contributed by atoms with E-state index in [1.165, 1.54) is 4.31 Å². The topological polar surface area (TPSA) is 92.5 Å². The van der Waals surface area contributed by atoms with Crippen molar-refractivity contribution in [1.29, 1.82) is 0 Å². The molecule has 0 aliphatic heterocycles. The lowest BCUT2D eigenvalue weighted by molar-refractivity contribution is -0.137. The van der Waals surface area contributed by atoms with E-state index in [9.17, 15) is 13.2 Å². The molecular formula is C27H27N3O4S. The molecular weight excluding hydrogens is 462 g/mol. The second-order valence-corrected chi connectivity index (χ2v) is 10.2. The van der Waals surface area contributed by atoms with Gasteiger partial charge in [-0.1, -0.05) is 54.6 Å². The van der Waals surface area contributed by atoms with Crippen LogP contribution in [0.2, 0.25) is 0 Å². The molecule has 1 heterocycles. The molecule has 0 unspecified atom stereocenters. The summed E-state index contributed by atoms with van der Waals surface area (Å²) in [7, 11) is -3.75. The molecule has 0 saturated carbocycles. The second kappa shape index (κ2) is 11.1. The molecule has 180 valence electrons. The first-order valence-corrected chi connectivity index (χ1v) is 12.8. The van der Waals surface area contributed by atoms with E-state index in [0.717, 1.165) is 22.4 Å². The van der Waals surface area contributed by atoms with Crippen LogP contribution < -0.4 is 0 Å². The van der Waals surface area contributed by atoms with Gasteiger partial charge in [0, 0.05) is 31.9 Å². The van der Waals surface area contributed by atoms with Crippen LogP contribution in [0.15, 0.2) is 102 Å². The first-order valence-electron chi connectivity index (χ1n) is 11.4. The Kier molecular flexibility index (Phi) is 7.74. The minimum Gasteiger partial charge on any atom is -0.481 e. The average Bonchev–Trinajstić information content (AvgIpc) is 3.40. The SMILES string of the molecule is O=C(O)CCCc1cccc(CN(Cc2ccc(-n3cccn3)cc2)S(=O)(=O)c2ccccc2)c1. The van der Waals surface area contributed by atoms with Crippen molar-refractivity contribution in [2.24, 2.45) is 0 Å². The van der Waals surface area contributed by atoms with E-state index in [4.69, 9.17) is 5.11 Å². The fourth-order valence-electron chi connectivity index (χ4n) is 3.88. The number of aromatic nitrogens is 2. The van der Waals surface area contributed by atoms with E-state index in [1.54, 1.807) is 41.2 Å². The molecule has 0 aliphatic rings. The summed E-state index contributed by atoms with van der Waals surface area (Å²) >= 11 is 0. The highest BCUT2D eigenvalue weighted by Gasteiger charge is 2.25. The largest absolute Gasteiger partial charge is 0.481 e. The summed E-state index contributed by atoms with van der Waals surface area (Å²) in [4.78, 5) is 11.1. The number of carboxylic acids is 1. The van der Waals surface area contributed by atoms with E-state index in [-0.39, 0.29) is 24.4 Å². The number of sulfonamides is 1. The smallest absolute Gasteiger partial charge is 0.303 e. The van der Waals surface area contributed by atoms with E-state index < -0.39 is 16.0 Å². The summed E-state index contributed by atoms with van der Waals surface area (Å²) in [6.45, 7) is 0.408. The van der Waals surface area contributed by atoms with Gasteiger partial charge in [-0.25, -0.2) is 13.1 Å². The molecule has 35 heavy (non-hydrogen) atoms. The maximum Gasteiger partial charge on any atom is 0.303 e. The predicted molar refractivity (Wildman–Crippen MR) is 133 cm³/mol. The zero-order chi connectivity index (χ0) is 24.7. The minimum atomic E-state index is -3.75. The predicted octanol–water partition coefficient (Wildman–Crippen LogP) is 4.67. The number of aryl methyl sites for hydroxylation is 1. The van der Waals surface area contributed by atoms with Gasteiger partial charge in [0.2, 0.25) is 10.0 Å². The van der Waals surface area contributed by atoms with Gasteiger partial charge in [0.25, 0.3) is 0 Å². The van der Waals surface area contributed by atoms with Crippen molar-refractivity contribution in [2.45, 2.75) is 37.2 Å². The van der Waals surface area contributed by atoms with Crippen LogP contribution >= 0.6 is 0 Å². The lowest BCUT2D eigenvalue weighted by Crippen LogP contribution is -2.30. The number of hydrogen-bond acceptors (Lipinski definition) is 4. The molecule has 0 amide bonds. The number of carboxylic acid groups (broad SMARTS) is 1. The van der Waals surface area contributed by atoms with Crippen molar-refractivity contribution in [3.63, 3.8) is 0 Å². The van der Waals surface area contributed by atoms with Crippen molar-refractivity contribution < 1.29 is 18.3 Å². The van der Waals surface area contributed by atoms with Gasteiger partial charge in [-0.3, -0.25) is 4.79 Å². The van der Waals surface area contributed by atoms with E-state index >= 15 is 0 Å². The van der Waals surface area contributed by atoms with Crippen LogP contribution in [0.4, 0.5) is 0 Å². The molecule has 0 atom stereocenters. The lowest BCUT2D eigenvalue weighted by Gasteiger charge is -2.23. The number of carbonyl (C=O) groups is 1. The first-order chi connectivity index (χ1) is 16.9. The second-order valence-electron chi connectivity index (χ2n) is 8.27. The first kappa shape index (κ1) is 24.4. The van der Waals surface area contributed by atoms with Gasteiger partial charge in [0.15, 0.2) is 0 Å². The van der Waals surface area contributed by atoms with Gasteiger partial charge < -0.3 is 5.11 Å². The Labute approximate surface area is 205 Å². The van der Waals surface area contributed by atoms with Crippen LogP contribution in [0.1, 0.15) is 29.5 Å². The highest BCUT2D eigenvalue weighted by Crippen LogP contribution is 2.22. The number of rotatable bonds is 11. The molecule has 4 aromatic rings. The Balaban J connectivity index is 1.58. The van der Waals surface area contributed by atoms with Crippen molar-refractivity contribution in [2.75, 3.05) is 0 Å². The van der Waals surface area contributed by atoms with E-state index in [2.05, 4.69) is 5.10 Å². The monoisotopic (exact) mass is 489 g/mol. The Morgan fingerprint density at radius 3 is 2.26 bits per heavy atom. The van der Waals surface area contributed by atoms with Gasteiger partial charge in [-0.2, -0.15) is 9.40 Å². The Bertz CT molecular complexity index is 1350. The molecule has 4 rings (SSSR count). The van der Waals surface area contributed by atoms with Gasteiger partial charge in [0.05, 0.1) is 10.6 Å². The third kappa shape index (κ3) is 6.44. The standard InChI is InChI=1S/C27H27N3O4S/c31-27(32)12-5-8-22-7-4-9-24(19-22)21-29(35(33,34)26-10-2-1-3-11-26)20-23-13-15-25(16-14-23)30-18-6-17-28-30/h1-4,6-7,9-11,13-19H,5,8,12,20-21H2,(H,31,32). The summed E-state index contributed by atoms with van der Waals surface area (Å²) < 4.78 is 30.4. The zero-order valence-electron chi connectivity index (χ0n) is 19.2. The Morgan fingerprint density at radius 2 is 1.57 bits per heavy atom. The van der Waals surface area contributed by atoms with Crippen molar-refractivity contribution in [3.05, 3.63) is 114 Å². The molecule has 7 nitrogen and oxygen atoms in total. The van der Waals surface area contributed by atoms with Crippen LogP contribution in [0, 0.1) is 0 Å². The number of aliphatic carboxylic acids is 1. The zero-order valence-corrected chi connectivity index (χ0v) is 20.0. The maximum atomic E-state index is 13.6. The van der Waals surface area contributed by atoms with Gasteiger partial charge in [-0.15, -0.1) is 0 Å². The van der Waals surface area contributed by atoms with Crippen LogP contribution in [0.5, 0.6) is 0 Å². The van der Waals surface area contributed by atoms with Gasteiger partial charge >= 0.3 is 5.97 Å². The molecule has 0 fully saturated rings. The fraction of sp³-hybridized carbons (Fsp3) is 0.185. The highest BCUT2D eigenvalue weighted by molar-refractivity contribution is 7.89. The van der Waals surface area contributed by atoms with Crippen molar-refractivity contribution in [3.8, 4) is 5.69 Å². The molecule has 0 aliphatic carbocycles. The number of nitrogens with zero attached hydrogens (tertiary/aromatic N) is 3. The summed E-state index contributed by atoms with van der Waals surface area (Å²) in [6, 6.07) is 25.6. The van der Waals surface area contributed by atoms with Crippen LogP contribution in [0.3, 0.4) is 0 Å². The molecule has 0 spiro atoms. The molecule has 0 saturated heterocycles. The third-order valence-electron chi connectivity index (χ3n) is 5.65. The third-order valence-corrected chi connectivity index (χ3v) is 7.46. The molecule has 3 aromatic carbocycles. The fourth-order valence-corrected chi connectivity index (χ4v) is 5.31. The summed E-state index contributed by atoms with van der Waals surface area (Å²) in [5.74, 6) is -0.820. The van der Waals surface area contributed by atoms with Crippen LogP contribution in [-0.4, -0.2) is 33.6 Å². The highest BCUT2D eigenvalue weighted by atomic mass is 32.2. The van der Waals surface area contributed by atoms with Crippen LogP contribution in [0.25, 0.3) is 5.69 Å². The number of benzene rings is 3. The van der Waals surface area contributed by atoms with Gasteiger partial charge in [0.1, 0.15) is 0 Å². The molecule has 0 bridgehead atoms.